The van der Waals surface area contributed by atoms with Crippen LogP contribution in [-0.4, -0.2) is 41.0 Å². The van der Waals surface area contributed by atoms with Crippen molar-refractivity contribution in [2.75, 3.05) is 13.2 Å². The molecule has 1 aliphatic rings. The molecule has 0 radical (unpaired) electrons. The second-order valence-electron chi connectivity index (χ2n) is 5.15. The largest absolute Gasteiger partial charge is 0.396 e. The molecule has 1 aromatic carbocycles. The molecule has 20 heavy (non-hydrogen) atoms. The Balaban J connectivity index is 2.16. The van der Waals surface area contributed by atoms with Gasteiger partial charge in [-0.1, -0.05) is 6.92 Å². The summed E-state index contributed by atoms with van der Waals surface area (Å²) in [7, 11) is 0. The number of hydrogen-bond donors (Lipinski definition) is 2. The standard InChI is InChI=1S/C15H20N2O3/c1-2-13-12(9-18)7-8-17(13)15(20)11-5-3-10(4-6-11)14(16)19/h3-6,12-13,18H,2,7-9H2,1H3,(H2,16,19). The number of nitrogens with two attached hydrogens (primary N) is 1. The van der Waals surface area contributed by atoms with Gasteiger partial charge in [0.1, 0.15) is 0 Å². The number of carbonyl (C=O) groups excluding carboxylic acids is 2. The van der Waals surface area contributed by atoms with E-state index in [1.54, 1.807) is 24.3 Å². The van der Waals surface area contributed by atoms with Gasteiger partial charge in [0, 0.05) is 36.2 Å². The fraction of sp³-hybridized carbons (Fsp3) is 0.467. The third kappa shape index (κ3) is 2.67. The van der Waals surface area contributed by atoms with Crippen molar-refractivity contribution in [3.05, 3.63) is 35.4 Å². The maximum absolute atomic E-state index is 12.5. The molecule has 0 bridgehead atoms. The van der Waals surface area contributed by atoms with Gasteiger partial charge >= 0.3 is 0 Å². The fourth-order valence-electron chi connectivity index (χ4n) is 2.88. The number of rotatable bonds is 4. The number of benzene rings is 1. The zero-order valence-electron chi connectivity index (χ0n) is 11.6. The highest BCUT2D eigenvalue weighted by Gasteiger charge is 2.35. The van der Waals surface area contributed by atoms with E-state index >= 15 is 0 Å². The molecular formula is C15H20N2O3. The smallest absolute Gasteiger partial charge is 0.254 e. The molecule has 0 spiro atoms. The van der Waals surface area contributed by atoms with Crippen LogP contribution in [0.2, 0.25) is 0 Å². The Hall–Kier alpha value is -1.88. The topological polar surface area (TPSA) is 83.6 Å². The van der Waals surface area contributed by atoms with Gasteiger partial charge in [0.25, 0.3) is 5.91 Å². The van der Waals surface area contributed by atoms with E-state index in [1.807, 2.05) is 11.8 Å². The van der Waals surface area contributed by atoms with Crippen molar-refractivity contribution in [2.24, 2.45) is 11.7 Å². The highest BCUT2D eigenvalue weighted by Crippen LogP contribution is 2.27. The lowest BCUT2D eigenvalue weighted by atomic mass is 9.99. The first-order chi connectivity index (χ1) is 9.58. The summed E-state index contributed by atoms with van der Waals surface area (Å²) < 4.78 is 0. The van der Waals surface area contributed by atoms with Gasteiger partial charge in [-0.05, 0) is 37.1 Å². The SMILES string of the molecule is CCC1C(CO)CCN1C(=O)c1ccc(C(N)=O)cc1. The Labute approximate surface area is 118 Å². The predicted molar refractivity (Wildman–Crippen MR) is 75.3 cm³/mol. The van der Waals surface area contributed by atoms with Crippen LogP contribution in [0, 0.1) is 5.92 Å². The lowest BCUT2D eigenvalue weighted by Gasteiger charge is -2.26. The van der Waals surface area contributed by atoms with E-state index in [1.165, 1.54) is 0 Å². The molecule has 2 unspecified atom stereocenters. The summed E-state index contributed by atoms with van der Waals surface area (Å²) in [5, 5.41) is 9.35. The maximum Gasteiger partial charge on any atom is 0.254 e. The number of carbonyl (C=O) groups is 2. The minimum atomic E-state index is -0.503. The third-order valence-corrected chi connectivity index (χ3v) is 4.02. The molecule has 1 fully saturated rings. The summed E-state index contributed by atoms with van der Waals surface area (Å²) in [6, 6.07) is 6.47. The van der Waals surface area contributed by atoms with Crippen LogP contribution in [-0.2, 0) is 0 Å². The number of primary amides is 1. The van der Waals surface area contributed by atoms with E-state index in [-0.39, 0.29) is 24.5 Å². The number of aliphatic hydroxyl groups excluding tert-OH is 1. The zero-order valence-corrected chi connectivity index (χ0v) is 11.6. The molecule has 1 saturated heterocycles. The monoisotopic (exact) mass is 276 g/mol. The third-order valence-electron chi connectivity index (χ3n) is 4.02. The summed E-state index contributed by atoms with van der Waals surface area (Å²) in [6.07, 6.45) is 1.66. The number of hydrogen-bond acceptors (Lipinski definition) is 3. The Kier molecular flexibility index (Phi) is 4.39. The van der Waals surface area contributed by atoms with Gasteiger partial charge in [-0.3, -0.25) is 9.59 Å². The van der Waals surface area contributed by atoms with E-state index in [2.05, 4.69) is 0 Å². The molecule has 1 aromatic rings. The Bertz CT molecular complexity index is 498. The average molecular weight is 276 g/mol. The molecule has 2 rings (SSSR count). The van der Waals surface area contributed by atoms with E-state index in [9.17, 15) is 14.7 Å². The van der Waals surface area contributed by atoms with Crippen molar-refractivity contribution in [3.8, 4) is 0 Å². The Morgan fingerprint density at radius 3 is 2.40 bits per heavy atom. The van der Waals surface area contributed by atoms with Crippen LogP contribution in [0.15, 0.2) is 24.3 Å². The molecule has 0 aromatic heterocycles. The van der Waals surface area contributed by atoms with Gasteiger partial charge in [0.05, 0.1) is 0 Å². The van der Waals surface area contributed by atoms with Gasteiger partial charge in [0.15, 0.2) is 0 Å². The van der Waals surface area contributed by atoms with Crippen molar-refractivity contribution in [2.45, 2.75) is 25.8 Å². The first kappa shape index (κ1) is 14.5. The number of aliphatic hydroxyl groups is 1. The van der Waals surface area contributed by atoms with E-state index in [0.717, 1.165) is 12.8 Å². The highest BCUT2D eigenvalue weighted by atomic mass is 16.3. The van der Waals surface area contributed by atoms with Gasteiger partial charge in [-0.15, -0.1) is 0 Å². The minimum absolute atomic E-state index is 0.0520. The first-order valence-electron chi connectivity index (χ1n) is 6.90. The van der Waals surface area contributed by atoms with Crippen molar-refractivity contribution < 1.29 is 14.7 Å². The molecule has 0 aliphatic carbocycles. The lowest BCUT2D eigenvalue weighted by Crippen LogP contribution is -2.38. The first-order valence-corrected chi connectivity index (χ1v) is 6.90. The number of amides is 2. The van der Waals surface area contributed by atoms with Crippen LogP contribution < -0.4 is 5.73 Å². The van der Waals surface area contributed by atoms with Gasteiger partial charge in [-0.25, -0.2) is 0 Å². The van der Waals surface area contributed by atoms with Crippen LogP contribution in [0.3, 0.4) is 0 Å². The van der Waals surface area contributed by atoms with Crippen LogP contribution in [0.4, 0.5) is 0 Å². The van der Waals surface area contributed by atoms with Gasteiger partial charge < -0.3 is 15.7 Å². The maximum atomic E-state index is 12.5. The predicted octanol–water partition coefficient (Wildman–Crippen LogP) is 1.02. The van der Waals surface area contributed by atoms with E-state index in [4.69, 9.17) is 5.73 Å². The molecule has 3 N–H and O–H groups in total. The minimum Gasteiger partial charge on any atom is -0.396 e. The van der Waals surface area contributed by atoms with E-state index in [0.29, 0.717) is 17.7 Å². The molecule has 108 valence electrons. The Morgan fingerprint density at radius 2 is 1.90 bits per heavy atom. The summed E-state index contributed by atoms with van der Waals surface area (Å²) in [5.74, 6) is -0.394. The van der Waals surface area contributed by atoms with Crippen LogP contribution >= 0.6 is 0 Å². The Morgan fingerprint density at radius 1 is 1.30 bits per heavy atom. The van der Waals surface area contributed by atoms with Crippen molar-refractivity contribution in [1.82, 2.24) is 4.90 Å². The summed E-state index contributed by atoms with van der Waals surface area (Å²) in [6.45, 7) is 2.80. The zero-order chi connectivity index (χ0) is 14.7. The number of likely N-dealkylation sites (tertiary alicyclic amines) is 1. The second kappa shape index (κ2) is 6.05. The summed E-state index contributed by atoms with van der Waals surface area (Å²) in [5.41, 5.74) is 6.12. The van der Waals surface area contributed by atoms with E-state index < -0.39 is 5.91 Å². The molecule has 5 nitrogen and oxygen atoms in total. The van der Waals surface area contributed by atoms with Crippen LogP contribution in [0.5, 0.6) is 0 Å². The quantitative estimate of drug-likeness (QED) is 0.861. The molecule has 5 heteroatoms. The molecule has 2 amide bonds. The summed E-state index contributed by atoms with van der Waals surface area (Å²) >= 11 is 0. The van der Waals surface area contributed by atoms with Gasteiger partial charge in [0.2, 0.25) is 5.91 Å². The molecular weight excluding hydrogens is 256 g/mol. The molecule has 1 aliphatic heterocycles. The van der Waals surface area contributed by atoms with Crippen molar-refractivity contribution in [1.29, 1.82) is 0 Å². The number of nitrogens with zero attached hydrogens (tertiary/aromatic N) is 1. The van der Waals surface area contributed by atoms with Crippen molar-refractivity contribution in [3.63, 3.8) is 0 Å². The average Bonchev–Trinajstić information content (AvgIpc) is 2.89. The normalized spacial score (nSPS) is 22.0. The summed E-state index contributed by atoms with van der Waals surface area (Å²) in [4.78, 5) is 25.3. The lowest BCUT2D eigenvalue weighted by molar-refractivity contribution is 0.0695. The van der Waals surface area contributed by atoms with Gasteiger partial charge in [-0.2, -0.15) is 0 Å². The van der Waals surface area contributed by atoms with Crippen LogP contribution in [0.1, 0.15) is 40.5 Å². The molecule has 0 saturated carbocycles. The second-order valence-corrected chi connectivity index (χ2v) is 5.15. The van der Waals surface area contributed by atoms with Crippen LogP contribution in [0.25, 0.3) is 0 Å². The fourth-order valence-corrected chi connectivity index (χ4v) is 2.88. The molecule has 1 heterocycles. The highest BCUT2D eigenvalue weighted by molar-refractivity contribution is 5.97. The van der Waals surface area contributed by atoms with Crippen molar-refractivity contribution >= 4 is 11.8 Å². The molecule has 2 atom stereocenters.